The van der Waals surface area contributed by atoms with Crippen LogP contribution >= 0.6 is 0 Å². The van der Waals surface area contributed by atoms with Gasteiger partial charge in [-0.2, -0.15) is 0 Å². The molecule has 0 atom stereocenters. The molecule has 0 spiro atoms. The minimum Gasteiger partial charge on any atom is -0.383 e. The first-order chi connectivity index (χ1) is 14.1. The lowest BCUT2D eigenvalue weighted by Crippen LogP contribution is -2.35. The maximum atomic E-state index is 13.9. The highest BCUT2D eigenvalue weighted by molar-refractivity contribution is 5.67. The molecule has 1 saturated carbocycles. The van der Waals surface area contributed by atoms with Gasteiger partial charge < -0.3 is 11.1 Å². The Kier molecular flexibility index (Phi) is 5.03. The lowest BCUT2D eigenvalue weighted by atomic mass is 10.1. The Morgan fingerprint density at radius 1 is 1.24 bits per heavy atom. The molecule has 3 N–H and O–H groups in total. The molecule has 0 aliphatic heterocycles. The van der Waals surface area contributed by atoms with Gasteiger partial charge in [0.1, 0.15) is 11.6 Å². The van der Waals surface area contributed by atoms with E-state index in [1.165, 1.54) is 18.3 Å². The number of nitrogen functional groups attached to an aromatic ring is 1. The van der Waals surface area contributed by atoms with Crippen LogP contribution in [0.1, 0.15) is 19.8 Å². The molecule has 6 nitrogen and oxygen atoms in total. The van der Waals surface area contributed by atoms with Gasteiger partial charge in [0.15, 0.2) is 17.5 Å². The van der Waals surface area contributed by atoms with Crippen molar-refractivity contribution in [1.82, 2.24) is 19.9 Å². The molecule has 3 aromatic heterocycles. The van der Waals surface area contributed by atoms with E-state index >= 15 is 0 Å². The Morgan fingerprint density at radius 2 is 2.07 bits per heavy atom. The highest BCUT2D eigenvalue weighted by Gasteiger charge is 2.25. The van der Waals surface area contributed by atoms with Crippen molar-refractivity contribution in [2.75, 3.05) is 11.1 Å². The van der Waals surface area contributed by atoms with Crippen LogP contribution in [0.15, 0.2) is 49.3 Å². The zero-order chi connectivity index (χ0) is 20.4. The standard InChI is InChI=1S/C22H21FN6/c1-3-15(13-7-8-13)19-17(4-2)27-21(29-20(19)24)14-9-11-25-18(12-14)28-22-16(23)6-5-10-26-22/h3-6,9-13H,1,7-8H2,2H3,(H2,24,27,29)(H,25,26,28)/b17-4+,19-15-. The second kappa shape index (κ2) is 7.79. The fourth-order valence-electron chi connectivity index (χ4n) is 3.23. The summed E-state index contributed by atoms with van der Waals surface area (Å²) in [5.74, 6) is 1.46. The van der Waals surface area contributed by atoms with Crippen molar-refractivity contribution in [2.24, 2.45) is 5.92 Å². The lowest BCUT2D eigenvalue weighted by molar-refractivity contribution is 0.626. The van der Waals surface area contributed by atoms with E-state index in [9.17, 15) is 4.39 Å². The predicted molar refractivity (Wildman–Crippen MR) is 113 cm³/mol. The summed E-state index contributed by atoms with van der Waals surface area (Å²) in [6.07, 6.45) is 9.16. The van der Waals surface area contributed by atoms with Gasteiger partial charge in [0.25, 0.3) is 0 Å². The minimum atomic E-state index is -0.458. The van der Waals surface area contributed by atoms with Gasteiger partial charge in [-0.25, -0.2) is 24.3 Å². The van der Waals surface area contributed by atoms with Crippen LogP contribution in [0.3, 0.4) is 0 Å². The molecule has 1 fully saturated rings. The van der Waals surface area contributed by atoms with E-state index in [0.29, 0.717) is 28.9 Å². The summed E-state index contributed by atoms with van der Waals surface area (Å²) in [4.78, 5) is 17.4. The van der Waals surface area contributed by atoms with Crippen LogP contribution in [-0.2, 0) is 0 Å². The van der Waals surface area contributed by atoms with E-state index < -0.39 is 5.82 Å². The molecule has 4 rings (SSSR count). The summed E-state index contributed by atoms with van der Waals surface area (Å²) in [6.45, 7) is 5.86. The van der Waals surface area contributed by atoms with Crippen LogP contribution in [0, 0.1) is 11.7 Å². The molecule has 0 radical (unpaired) electrons. The van der Waals surface area contributed by atoms with E-state index in [1.807, 2.05) is 19.1 Å². The molecule has 1 aliphatic rings. The van der Waals surface area contributed by atoms with Gasteiger partial charge >= 0.3 is 0 Å². The number of pyridine rings is 2. The number of aromatic nitrogens is 4. The fourth-order valence-corrected chi connectivity index (χ4v) is 3.23. The van der Waals surface area contributed by atoms with Crippen molar-refractivity contribution in [3.8, 4) is 11.4 Å². The van der Waals surface area contributed by atoms with Crippen LogP contribution in [-0.4, -0.2) is 19.9 Å². The molecule has 29 heavy (non-hydrogen) atoms. The first kappa shape index (κ1) is 18.7. The van der Waals surface area contributed by atoms with Gasteiger partial charge in [-0.05, 0) is 55.5 Å². The molecule has 0 unspecified atom stereocenters. The molecule has 0 bridgehead atoms. The average Bonchev–Trinajstić information content (AvgIpc) is 3.56. The summed E-state index contributed by atoms with van der Waals surface area (Å²) < 4.78 is 13.9. The molecule has 0 amide bonds. The third-order valence-electron chi connectivity index (χ3n) is 4.79. The summed E-state index contributed by atoms with van der Waals surface area (Å²) in [6, 6.07) is 6.38. The summed E-state index contributed by atoms with van der Waals surface area (Å²) in [5, 5.41) is 4.51. The Labute approximate surface area is 167 Å². The Morgan fingerprint density at radius 3 is 2.76 bits per heavy atom. The van der Waals surface area contributed by atoms with Crippen LogP contribution < -0.4 is 21.6 Å². The maximum absolute atomic E-state index is 13.9. The SMILES string of the molecule is C=C/C(=c1/c(N)nc(-c2ccnc(Nc3ncccc3F)c2)n/c1=C/C)C1CC1. The second-order valence-corrected chi connectivity index (χ2v) is 6.80. The summed E-state index contributed by atoms with van der Waals surface area (Å²) in [5.41, 5.74) is 8.14. The van der Waals surface area contributed by atoms with E-state index in [-0.39, 0.29) is 5.82 Å². The molecule has 1 aliphatic carbocycles. The monoisotopic (exact) mass is 388 g/mol. The Hall–Kier alpha value is -3.61. The van der Waals surface area contributed by atoms with Gasteiger partial charge in [0.05, 0.1) is 5.35 Å². The van der Waals surface area contributed by atoms with Crippen molar-refractivity contribution in [3.05, 3.63) is 65.7 Å². The van der Waals surface area contributed by atoms with Crippen molar-refractivity contribution >= 4 is 29.1 Å². The molecular formula is C22H21FN6. The molecule has 7 heteroatoms. The second-order valence-electron chi connectivity index (χ2n) is 6.80. The number of nitrogens with zero attached hydrogens (tertiary/aromatic N) is 4. The third-order valence-corrected chi connectivity index (χ3v) is 4.79. The topological polar surface area (TPSA) is 89.6 Å². The van der Waals surface area contributed by atoms with Gasteiger partial charge in [0.2, 0.25) is 0 Å². The van der Waals surface area contributed by atoms with Crippen LogP contribution in [0.25, 0.3) is 23.0 Å². The number of hydrogen-bond acceptors (Lipinski definition) is 6. The number of hydrogen-bond donors (Lipinski definition) is 2. The highest BCUT2D eigenvalue weighted by atomic mass is 19.1. The Bertz CT molecular complexity index is 1200. The largest absolute Gasteiger partial charge is 0.383 e. The number of rotatable bonds is 5. The van der Waals surface area contributed by atoms with E-state index in [0.717, 1.165) is 29.0 Å². The zero-order valence-corrected chi connectivity index (χ0v) is 16.1. The molecule has 0 aromatic carbocycles. The van der Waals surface area contributed by atoms with Crippen LogP contribution in [0.4, 0.5) is 21.8 Å². The van der Waals surface area contributed by atoms with Gasteiger partial charge in [-0.1, -0.05) is 18.7 Å². The normalized spacial score (nSPS) is 15.2. The predicted octanol–water partition coefficient (Wildman–Crippen LogP) is 2.95. The number of nitrogens with two attached hydrogens (primary N) is 1. The van der Waals surface area contributed by atoms with E-state index in [2.05, 4.69) is 26.8 Å². The van der Waals surface area contributed by atoms with Gasteiger partial charge in [-0.15, -0.1) is 0 Å². The number of halogens is 1. The summed E-state index contributed by atoms with van der Waals surface area (Å²) in [7, 11) is 0. The molecule has 3 heterocycles. The molecule has 146 valence electrons. The van der Waals surface area contributed by atoms with Crippen molar-refractivity contribution < 1.29 is 4.39 Å². The third kappa shape index (κ3) is 3.85. The maximum Gasteiger partial charge on any atom is 0.167 e. The molecule has 0 saturated heterocycles. The first-order valence-electron chi connectivity index (χ1n) is 9.41. The molecule has 3 aromatic rings. The van der Waals surface area contributed by atoms with Crippen LogP contribution in [0.5, 0.6) is 0 Å². The number of allylic oxidation sites excluding steroid dienone is 1. The quantitative estimate of drug-likeness (QED) is 0.699. The van der Waals surface area contributed by atoms with E-state index in [4.69, 9.17) is 10.7 Å². The first-order valence-corrected chi connectivity index (χ1v) is 9.41. The Balaban J connectivity index is 1.77. The van der Waals surface area contributed by atoms with Crippen LogP contribution in [0.2, 0.25) is 0 Å². The van der Waals surface area contributed by atoms with Gasteiger partial charge in [-0.3, -0.25) is 0 Å². The highest BCUT2D eigenvalue weighted by Crippen LogP contribution is 2.37. The van der Waals surface area contributed by atoms with E-state index in [1.54, 1.807) is 18.3 Å². The molecular weight excluding hydrogens is 367 g/mol. The number of anilines is 3. The van der Waals surface area contributed by atoms with Crippen molar-refractivity contribution in [1.29, 1.82) is 0 Å². The fraction of sp³-hybridized carbons (Fsp3) is 0.182. The smallest absolute Gasteiger partial charge is 0.167 e. The number of nitrogens with one attached hydrogen (secondary N) is 1. The van der Waals surface area contributed by atoms with Crippen molar-refractivity contribution in [2.45, 2.75) is 19.8 Å². The average molecular weight is 388 g/mol. The minimum absolute atomic E-state index is 0.102. The van der Waals surface area contributed by atoms with Gasteiger partial charge in [0, 0.05) is 23.2 Å². The summed E-state index contributed by atoms with van der Waals surface area (Å²) >= 11 is 0. The lowest BCUT2D eigenvalue weighted by Gasteiger charge is -2.09. The van der Waals surface area contributed by atoms with Crippen molar-refractivity contribution in [3.63, 3.8) is 0 Å². The zero-order valence-electron chi connectivity index (χ0n) is 16.1.